The number of nitrogens with two attached hydrogens (primary N) is 1. The van der Waals surface area contributed by atoms with Gasteiger partial charge in [-0.2, -0.15) is 0 Å². The minimum atomic E-state index is -0.948. The van der Waals surface area contributed by atoms with Crippen LogP contribution in [0.25, 0.3) is 0 Å². The number of nitrogen functional groups attached to an aromatic ring is 1. The Labute approximate surface area is 150 Å². The molecule has 0 aliphatic heterocycles. The number of methoxy groups -OCH3 is 1. The number of anilines is 2. The average molecular weight is 366 g/mol. The van der Waals surface area contributed by atoms with Gasteiger partial charge in [-0.05, 0) is 38.0 Å². The summed E-state index contributed by atoms with van der Waals surface area (Å²) in [4.78, 5) is 1.86. The Hall–Kier alpha value is -2.57. The van der Waals surface area contributed by atoms with Crippen LogP contribution in [0.5, 0.6) is 11.5 Å². The molecule has 0 bridgehead atoms. The first kappa shape index (κ1) is 18.2. The number of nitrogens with zero attached hydrogens (tertiary/aromatic N) is 1. The lowest BCUT2D eigenvalue weighted by Crippen LogP contribution is -2.27. The molecule has 2 aromatic rings. The maximum Gasteiger partial charge on any atom is 0.167 e. The van der Waals surface area contributed by atoms with Crippen molar-refractivity contribution in [3.05, 3.63) is 47.3 Å². The molecule has 0 unspecified atom stereocenters. The summed E-state index contributed by atoms with van der Waals surface area (Å²) in [5, 5.41) is 0. The molecule has 0 heterocycles. The molecule has 2 aromatic carbocycles. The molecule has 0 saturated heterocycles. The summed E-state index contributed by atoms with van der Waals surface area (Å²) in [6.45, 7) is 2.16. The number of hydrogen-bond donors (Lipinski definition) is 1. The molecule has 1 fully saturated rings. The van der Waals surface area contributed by atoms with Crippen molar-refractivity contribution >= 4 is 11.4 Å². The van der Waals surface area contributed by atoms with Crippen LogP contribution in [-0.4, -0.2) is 19.8 Å². The van der Waals surface area contributed by atoms with Crippen LogP contribution >= 0.6 is 0 Å². The summed E-state index contributed by atoms with van der Waals surface area (Å²) in [5.41, 5.74) is 6.34. The van der Waals surface area contributed by atoms with E-state index in [0.29, 0.717) is 18.0 Å². The fraction of sp³-hybridized carbons (Fsp3) is 0.368. The Morgan fingerprint density at radius 3 is 2.46 bits per heavy atom. The fourth-order valence-electron chi connectivity index (χ4n) is 2.93. The van der Waals surface area contributed by atoms with Crippen molar-refractivity contribution in [3.63, 3.8) is 0 Å². The van der Waals surface area contributed by atoms with Gasteiger partial charge in [0, 0.05) is 12.1 Å². The monoisotopic (exact) mass is 366 g/mol. The van der Waals surface area contributed by atoms with E-state index in [9.17, 15) is 13.2 Å². The van der Waals surface area contributed by atoms with E-state index < -0.39 is 17.5 Å². The first-order valence-electron chi connectivity index (χ1n) is 8.45. The Bertz CT molecular complexity index is 810. The van der Waals surface area contributed by atoms with Crippen molar-refractivity contribution in [1.82, 2.24) is 0 Å². The Morgan fingerprint density at radius 1 is 1.12 bits per heavy atom. The van der Waals surface area contributed by atoms with Crippen molar-refractivity contribution in [1.29, 1.82) is 0 Å². The second kappa shape index (κ2) is 7.35. The molecule has 0 atom stereocenters. The molecule has 1 saturated carbocycles. The van der Waals surface area contributed by atoms with Crippen LogP contribution in [0.15, 0.2) is 24.3 Å². The van der Waals surface area contributed by atoms with Gasteiger partial charge < -0.3 is 20.1 Å². The molecular weight excluding hydrogens is 345 g/mol. The van der Waals surface area contributed by atoms with Gasteiger partial charge in [0.2, 0.25) is 0 Å². The molecule has 7 heteroatoms. The van der Waals surface area contributed by atoms with E-state index in [2.05, 4.69) is 0 Å². The summed E-state index contributed by atoms with van der Waals surface area (Å²) >= 11 is 0. The Balaban J connectivity index is 2.04. The first-order chi connectivity index (χ1) is 12.5. The Morgan fingerprint density at radius 2 is 1.85 bits per heavy atom. The third-order valence-corrected chi connectivity index (χ3v) is 4.38. The molecule has 0 radical (unpaired) electrons. The standard InChI is InChI=1S/C19H21F3N2O2/c1-3-26-17-7-6-13(20)19(22)12(17)10-24(11-4-5-11)16-9-15(23)14(21)8-18(16)25-2/h6-9,11H,3-5,10,23H2,1-2H3. The second-order valence-electron chi connectivity index (χ2n) is 6.18. The zero-order valence-electron chi connectivity index (χ0n) is 14.7. The largest absolute Gasteiger partial charge is 0.494 e. The molecule has 1 aliphatic carbocycles. The molecule has 140 valence electrons. The average Bonchev–Trinajstić information content (AvgIpc) is 3.45. The zero-order valence-corrected chi connectivity index (χ0v) is 14.7. The fourth-order valence-corrected chi connectivity index (χ4v) is 2.93. The topological polar surface area (TPSA) is 47.7 Å². The van der Waals surface area contributed by atoms with E-state index in [0.717, 1.165) is 18.9 Å². The molecule has 1 aliphatic rings. The highest BCUT2D eigenvalue weighted by Gasteiger charge is 2.33. The normalized spacial score (nSPS) is 13.6. The van der Waals surface area contributed by atoms with Gasteiger partial charge in [0.15, 0.2) is 11.6 Å². The first-order valence-corrected chi connectivity index (χ1v) is 8.45. The van der Waals surface area contributed by atoms with Crippen molar-refractivity contribution in [3.8, 4) is 11.5 Å². The third kappa shape index (κ3) is 3.52. The van der Waals surface area contributed by atoms with Gasteiger partial charge in [-0.25, -0.2) is 13.2 Å². The molecular formula is C19H21F3N2O2. The highest BCUT2D eigenvalue weighted by atomic mass is 19.2. The van der Waals surface area contributed by atoms with Crippen molar-refractivity contribution in [2.45, 2.75) is 32.4 Å². The third-order valence-electron chi connectivity index (χ3n) is 4.38. The highest BCUT2D eigenvalue weighted by molar-refractivity contribution is 5.67. The van der Waals surface area contributed by atoms with Gasteiger partial charge in [-0.3, -0.25) is 0 Å². The molecule has 0 aromatic heterocycles. The van der Waals surface area contributed by atoms with Crippen LogP contribution in [0.1, 0.15) is 25.3 Å². The lowest BCUT2D eigenvalue weighted by atomic mass is 10.1. The molecule has 0 spiro atoms. The van der Waals surface area contributed by atoms with Crippen LogP contribution in [-0.2, 0) is 6.54 Å². The van der Waals surface area contributed by atoms with Gasteiger partial charge in [0.25, 0.3) is 0 Å². The second-order valence-corrected chi connectivity index (χ2v) is 6.18. The summed E-state index contributed by atoms with van der Waals surface area (Å²) in [7, 11) is 1.42. The van der Waals surface area contributed by atoms with Crippen molar-refractivity contribution in [2.75, 3.05) is 24.4 Å². The molecule has 26 heavy (non-hydrogen) atoms. The van der Waals surface area contributed by atoms with Crippen molar-refractivity contribution in [2.24, 2.45) is 0 Å². The smallest absolute Gasteiger partial charge is 0.167 e. The Kier molecular flexibility index (Phi) is 5.15. The van der Waals surface area contributed by atoms with Gasteiger partial charge in [-0.1, -0.05) is 0 Å². The van der Waals surface area contributed by atoms with E-state index in [1.165, 1.54) is 25.3 Å². The predicted octanol–water partition coefficient (Wildman–Crippen LogP) is 4.26. The number of rotatable bonds is 7. The summed E-state index contributed by atoms with van der Waals surface area (Å²) in [5.74, 6) is -1.90. The molecule has 0 amide bonds. The summed E-state index contributed by atoms with van der Waals surface area (Å²) < 4.78 is 52.8. The van der Waals surface area contributed by atoms with Gasteiger partial charge in [0.1, 0.15) is 17.3 Å². The van der Waals surface area contributed by atoms with Crippen LogP contribution in [0, 0.1) is 17.5 Å². The van der Waals surface area contributed by atoms with Gasteiger partial charge >= 0.3 is 0 Å². The van der Waals surface area contributed by atoms with Crippen molar-refractivity contribution < 1.29 is 22.6 Å². The number of hydrogen-bond acceptors (Lipinski definition) is 4. The molecule has 3 rings (SSSR count). The van der Waals surface area contributed by atoms with E-state index >= 15 is 0 Å². The lowest BCUT2D eigenvalue weighted by Gasteiger charge is -2.28. The zero-order chi connectivity index (χ0) is 18.8. The lowest BCUT2D eigenvalue weighted by molar-refractivity contribution is 0.330. The van der Waals surface area contributed by atoms with E-state index in [4.69, 9.17) is 15.2 Å². The SMILES string of the molecule is CCOc1ccc(F)c(F)c1CN(c1cc(N)c(F)cc1OC)C1CC1. The number of halogens is 3. The highest BCUT2D eigenvalue weighted by Crippen LogP contribution is 2.41. The predicted molar refractivity (Wildman–Crippen MR) is 94.1 cm³/mol. The van der Waals surface area contributed by atoms with Crippen LogP contribution < -0.4 is 20.1 Å². The minimum Gasteiger partial charge on any atom is -0.494 e. The van der Waals surface area contributed by atoms with E-state index in [1.807, 2.05) is 4.90 Å². The van der Waals surface area contributed by atoms with E-state index in [1.54, 1.807) is 6.92 Å². The quantitative estimate of drug-likeness (QED) is 0.744. The summed E-state index contributed by atoms with van der Waals surface area (Å²) in [6.07, 6.45) is 1.78. The molecule has 2 N–H and O–H groups in total. The molecule has 4 nitrogen and oxygen atoms in total. The van der Waals surface area contributed by atoms with Crippen LogP contribution in [0.3, 0.4) is 0 Å². The van der Waals surface area contributed by atoms with Gasteiger partial charge in [0.05, 0.1) is 37.2 Å². The maximum atomic E-state index is 14.5. The van der Waals surface area contributed by atoms with Crippen LogP contribution in [0.4, 0.5) is 24.5 Å². The van der Waals surface area contributed by atoms with E-state index in [-0.39, 0.29) is 29.6 Å². The number of ether oxygens (including phenoxy) is 2. The van der Waals surface area contributed by atoms with Gasteiger partial charge in [-0.15, -0.1) is 0 Å². The minimum absolute atomic E-state index is 0.0313. The summed E-state index contributed by atoms with van der Waals surface area (Å²) in [6, 6.07) is 5.24. The number of benzene rings is 2. The maximum absolute atomic E-state index is 14.5. The van der Waals surface area contributed by atoms with Crippen LogP contribution in [0.2, 0.25) is 0 Å².